The van der Waals surface area contributed by atoms with Crippen LogP contribution in [0.1, 0.15) is 22.8 Å². The number of amides is 1. The highest BCUT2D eigenvalue weighted by atomic mass is 16.4. The molecule has 0 fully saturated rings. The van der Waals surface area contributed by atoms with Crippen LogP contribution in [0.3, 0.4) is 0 Å². The molecule has 0 bridgehead atoms. The molecule has 0 saturated carbocycles. The van der Waals surface area contributed by atoms with Crippen LogP contribution in [-0.2, 0) is 4.79 Å². The first-order valence-electron chi connectivity index (χ1n) is 7.04. The molecule has 5 heteroatoms. The van der Waals surface area contributed by atoms with Crippen LogP contribution in [0, 0.1) is 12.8 Å². The fourth-order valence-electron chi connectivity index (χ4n) is 1.97. The molecule has 1 unspecified atom stereocenters. The maximum Gasteiger partial charge on any atom is 0.308 e. The third-order valence-electron chi connectivity index (χ3n) is 3.29. The summed E-state index contributed by atoms with van der Waals surface area (Å²) in [5.74, 6) is -1.59. The monoisotopic (exact) mass is 292 g/mol. The Morgan fingerprint density at radius 3 is 2.43 bits per heavy atom. The predicted molar refractivity (Wildman–Crippen MR) is 82.4 cm³/mol. The number of likely N-dealkylation sites (N-methyl/N-ethyl adjacent to an activating group) is 1. The molecule has 0 aliphatic carbocycles. The van der Waals surface area contributed by atoms with Gasteiger partial charge in [-0.05, 0) is 33.2 Å². The van der Waals surface area contributed by atoms with Crippen molar-refractivity contribution in [1.82, 2.24) is 9.80 Å². The summed E-state index contributed by atoms with van der Waals surface area (Å²) in [6.45, 7) is 4.98. The molecule has 1 amide bonds. The van der Waals surface area contributed by atoms with E-state index in [1.54, 1.807) is 17.9 Å². The average molecular weight is 292 g/mol. The van der Waals surface area contributed by atoms with Crippen molar-refractivity contribution in [2.75, 3.05) is 33.7 Å². The second kappa shape index (κ2) is 7.78. The average Bonchev–Trinajstić information content (AvgIpc) is 2.42. The van der Waals surface area contributed by atoms with Gasteiger partial charge in [-0.3, -0.25) is 9.59 Å². The third-order valence-corrected chi connectivity index (χ3v) is 3.29. The number of carboxylic acids is 1. The number of aliphatic carboxylic acids is 1. The lowest BCUT2D eigenvalue weighted by Crippen LogP contribution is -2.40. The Hall–Kier alpha value is -1.88. The fraction of sp³-hybridized carbons (Fsp3) is 0.500. The van der Waals surface area contributed by atoms with Crippen LogP contribution in [0.15, 0.2) is 24.3 Å². The number of carbonyl (C=O) groups excluding carboxylic acids is 1. The van der Waals surface area contributed by atoms with E-state index < -0.39 is 11.9 Å². The summed E-state index contributed by atoms with van der Waals surface area (Å²) in [6, 6.07) is 7.37. The van der Waals surface area contributed by atoms with Gasteiger partial charge in [0.1, 0.15) is 0 Å². The summed E-state index contributed by atoms with van der Waals surface area (Å²) in [7, 11) is 3.85. The van der Waals surface area contributed by atoms with E-state index in [0.29, 0.717) is 18.7 Å². The van der Waals surface area contributed by atoms with Crippen LogP contribution in [-0.4, -0.2) is 60.5 Å². The van der Waals surface area contributed by atoms with E-state index in [-0.39, 0.29) is 12.5 Å². The first-order valence-corrected chi connectivity index (χ1v) is 7.04. The Morgan fingerprint density at radius 2 is 1.90 bits per heavy atom. The number of aryl methyl sites for hydroxylation is 1. The highest BCUT2D eigenvalue weighted by Crippen LogP contribution is 2.10. The molecular formula is C16H24N2O3. The second-order valence-corrected chi connectivity index (χ2v) is 5.66. The van der Waals surface area contributed by atoms with Gasteiger partial charge in [0, 0.05) is 25.2 Å². The number of carboxylic acid groups (broad SMARTS) is 1. The summed E-state index contributed by atoms with van der Waals surface area (Å²) in [5.41, 5.74) is 1.62. The zero-order valence-corrected chi connectivity index (χ0v) is 13.2. The smallest absolute Gasteiger partial charge is 0.308 e. The van der Waals surface area contributed by atoms with Crippen LogP contribution in [0.25, 0.3) is 0 Å². The number of hydrogen-bond acceptors (Lipinski definition) is 3. The van der Waals surface area contributed by atoms with Gasteiger partial charge in [0.05, 0.1) is 5.92 Å². The Kier molecular flexibility index (Phi) is 6.37. The minimum Gasteiger partial charge on any atom is -0.481 e. The van der Waals surface area contributed by atoms with Crippen molar-refractivity contribution in [3.05, 3.63) is 35.4 Å². The van der Waals surface area contributed by atoms with Crippen LogP contribution in [0.4, 0.5) is 0 Å². The van der Waals surface area contributed by atoms with Crippen molar-refractivity contribution < 1.29 is 14.7 Å². The molecule has 21 heavy (non-hydrogen) atoms. The molecule has 1 aromatic rings. The van der Waals surface area contributed by atoms with Gasteiger partial charge in [0.2, 0.25) is 0 Å². The standard InChI is InChI=1S/C16H24N2O3/c1-12-6-5-7-14(10-12)15(19)18(9-8-17(3)4)11-13(2)16(20)21/h5-7,10,13H,8-9,11H2,1-4H3,(H,20,21). The van der Waals surface area contributed by atoms with Crippen molar-refractivity contribution in [1.29, 1.82) is 0 Å². The molecule has 0 saturated heterocycles. The Balaban J connectivity index is 2.88. The number of rotatable bonds is 7. The summed E-state index contributed by atoms with van der Waals surface area (Å²) >= 11 is 0. The zero-order valence-electron chi connectivity index (χ0n) is 13.2. The summed E-state index contributed by atoms with van der Waals surface area (Å²) in [4.78, 5) is 27.2. The number of hydrogen-bond donors (Lipinski definition) is 1. The number of benzene rings is 1. The van der Waals surface area contributed by atoms with Crippen LogP contribution < -0.4 is 0 Å². The van der Waals surface area contributed by atoms with E-state index in [9.17, 15) is 9.59 Å². The number of carbonyl (C=O) groups is 2. The van der Waals surface area contributed by atoms with Gasteiger partial charge in [0.25, 0.3) is 5.91 Å². The maximum atomic E-state index is 12.6. The lowest BCUT2D eigenvalue weighted by molar-refractivity contribution is -0.141. The third kappa shape index (κ3) is 5.55. The molecule has 5 nitrogen and oxygen atoms in total. The van der Waals surface area contributed by atoms with Gasteiger partial charge in [-0.2, -0.15) is 0 Å². The van der Waals surface area contributed by atoms with E-state index in [4.69, 9.17) is 5.11 Å². The van der Waals surface area contributed by atoms with E-state index in [1.807, 2.05) is 44.1 Å². The molecule has 0 heterocycles. The topological polar surface area (TPSA) is 60.9 Å². The van der Waals surface area contributed by atoms with Gasteiger partial charge in [0.15, 0.2) is 0 Å². The summed E-state index contributed by atoms with van der Waals surface area (Å²) in [6.07, 6.45) is 0. The van der Waals surface area contributed by atoms with E-state index in [1.165, 1.54) is 0 Å². The van der Waals surface area contributed by atoms with Crippen LogP contribution in [0.2, 0.25) is 0 Å². The molecule has 0 aliphatic rings. The highest BCUT2D eigenvalue weighted by Gasteiger charge is 2.21. The van der Waals surface area contributed by atoms with E-state index >= 15 is 0 Å². The molecule has 0 aliphatic heterocycles. The van der Waals surface area contributed by atoms with E-state index in [2.05, 4.69) is 0 Å². The highest BCUT2D eigenvalue weighted by molar-refractivity contribution is 5.94. The lowest BCUT2D eigenvalue weighted by Gasteiger charge is -2.26. The molecular weight excluding hydrogens is 268 g/mol. The van der Waals surface area contributed by atoms with E-state index in [0.717, 1.165) is 5.56 Å². The molecule has 1 N–H and O–H groups in total. The predicted octanol–water partition coefficient (Wildman–Crippen LogP) is 1.72. The first-order chi connectivity index (χ1) is 9.81. The molecule has 0 spiro atoms. The molecule has 0 radical (unpaired) electrons. The van der Waals surface area contributed by atoms with Crippen molar-refractivity contribution in [3.63, 3.8) is 0 Å². The minimum absolute atomic E-state index is 0.117. The van der Waals surface area contributed by atoms with Gasteiger partial charge in [-0.15, -0.1) is 0 Å². The molecule has 0 aromatic heterocycles. The van der Waals surface area contributed by atoms with Gasteiger partial charge in [-0.1, -0.05) is 24.6 Å². The maximum absolute atomic E-state index is 12.6. The van der Waals surface area contributed by atoms with Crippen molar-refractivity contribution >= 4 is 11.9 Å². The normalized spacial score (nSPS) is 12.2. The Bertz CT molecular complexity index is 500. The lowest BCUT2D eigenvalue weighted by atomic mass is 10.1. The quantitative estimate of drug-likeness (QED) is 0.831. The van der Waals surface area contributed by atoms with Crippen LogP contribution in [0.5, 0.6) is 0 Å². The molecule has 116 valence electrons. The molecule has 1 aromatic carbocycles. The van der Waals surface area contributed by atoms with Gasteiger partial charge >= 0.3 is 5.97 Å². The van der Waals surface area contributed by atoms with Crippen LogP contribution >= 0.6 is 0 Å². The second-order valence-electron chi connectivity index (χ2n) is 5.66. The molecule has 1 rings (SSSR count). The van der Waals surface area contributed by atoms with Crippen molar-refractivity contribution in [2.24, 2.45) is 5.92 Å². The van der Waals surface area contributed by atoms with Gasteiger partial charge in [-0.25, -0.2) is 0 Å². The Labute approximate surface area is 126 Å². The van der Waals surface area contributed by atoms with Crippen molar-refractivity contribution in [3.8, 4) is 0 Å². The summed E-state index contributed by atoms with van der Waals surface area (Å²) < 4.78 is 0. The minimum atomic E-state index is -0.887. The largest absolute Gasteiger partial charge is 0.481 e. The van der Waals surface area contributed by atoms with Crippen molar-refractivity contribution in [2.45, 2.75) is 13.8 Å². The van der Waals surface area contributed by atoms with Gasteiger partial charge < -0.3 is 14.9 Å². The fourth-order valence-corrected chi connectivity index (χ4v) is 1.97. The number of nitrogens with zero attached hydrogens (tertiary/aromatic N) is 2. The SMILES string of the molecule is Cc1cccc(C(=O)N(CCN(C)C)CC(C)C(=O)O)c1. The Morgan fingerprint density at radius 1 is 1.24 bits per heavy atom. The molecule has 1 atom stereocenters. The first kappa shape index (κ1) is 17.2. The summed E-state index contributed by atoms with van der Waals surface area (Å²) in [5, 5.41) is 9.06. The zero-order chi connectivity index (χ0) is 16.0.